The summed E-state index contributed by atoms with van der Waals surface area (Å²) >= 11 is 4.88. The number of thiazole rings is 1. The molecule has 3 amide bonds. The van der Waals surface area contributed by atoms with Crippen LogP contribution in [0.2, 0.25) is 0 Å². The summed E-state index contributed by atoms with van der Waals surface area (Å²) < 4.78 is 0. The van der Waals surface area contributed by atoms with Gasteiger partial charge in [0.15, 0.2) is 0 Å². The van der Waals surface area contributed by atoms with Crippen LogP contribution in [-0.4, -0.2) is 38.9 Å². The highest BCUT2D eigenvalue weighted by Crippen LogP contribution is 2.34. The van der Waals surface area contributed by atoms with Crippen LogP contribution >= 0.6 is 34.4 Å². The molecule has 4 rings (SSSR count). The standard InChI is InChI=1S/C14H13N3O2S3/c18-12-14(2-4-21-8-14)16-13(19)17(12)5-10-7-22-11(15-10)9-1-3-20-6-9/h1,3,6-7H,2,4-5,8H2,(H,16,19). The van der Waals surface area contributed by atoms with Crippen molar-refractivity contribution in [3.05, 3.63) is 27.9 Å². The summed E-state index contributed by atoms with van der Waals surface area (Å²) in [6, 6.07) is 1.73. The molecule has 0 saturated carbocycles. The molecule has 0 aromatic carbocycles. The van der Waals surface area contributed by atoms with E-state index in [0.717, 1.165) is 28.4 Å². The number of carbonyl (C=O) groups excluding carboxylic acids is 2. The average molecular weight is 351 g/mol. The minimum atomic E-state index is -0.673. The molecule has 2 aromatic heterocycles. The van der Waals surface area contributed by atoms with Gasteiger partial charge in [0.2, 0.25) is 0 Å². The topological polar surface area (TPSA) is 62.3 Å². The normalized spacial score (nSPS) is 24.5. The van der Waals surface area contributed by atoms with E-state index >= 15 is 0 Å². The fraction of sp³-hybridized carbons (Fsp3) is 0.357. The molecule has 0 radical (unpaired) electrons. The fourth-order valence-corrected chi connectivity index (χ4v) is 5.56. The van der Waals surface area contributed by atoms with E-state index in [0.29, 0.717) is 5.75 Å². The molecule has 1 N–H and O–H groups in total. The second-order valence-corrected chi connectivity index (χ2v) is 8.11. The number of nitrogens with one attached hydrogen (secondary N) is 1. The number of nitrogens with zero attached hydrogens (tertiary/aromatic N) is 2. The van der Waals surface area contributed by atoms with Crippen LogP contribution < -0.4 is 5.32 Å². The largest absolute Gasteiger partial charge is 0.325 e. The number of thiophene rings is 1. The number of thioether (sulfide) groups is 1. The van der Waals surface area contributed by atoms with Crippen molar-refractivity contribution in [1.29, 1.82) is 0 Å². The van der Waals surface area contributed by atoms with E-state index < -0.39 is 5.54 Å². The van der Waals surface area contributed by atoms with Gasteiger partial charge in [0.25, 0.3) is 5.91 Å². The third kappa shape index (κ3) is 2.26. The molecule has 1 atom stereocenters. The SMILES string of the molecule is O=C1NC2(CCSC2)C(=O)N1Cc1csc(-c2ccsc2)n1. The summed E-state index contributed by atoms with van der Waals surface area (Å²) in [5.74, 6) is 1.48. The van der Waals surface area contributed by atoms with Crippen molar-refractivity contribution in [3.8, 4) is 10.6 Å². The Morgan fingerprint density at radius 3 is 3.00 bits per heavy atom. The van der Waals surface area contributed by atoms with Crippen LogP contribution in [0.15, 0.2) is 22.2 Å². The maximum absolute atomic E-state index is 12.6. The van der Waals surface area contributed by atoms with Crippen molar-refractivity contribution in [2.75, 3.05) is 11.5 Å². The Morgan fingerprint density at radius 1 is 1.36 bits per heavy atom. The first-order valence-corrected chi connectivity index (χ1v) is 9.84. The summed E-state index contributed by atoms with van der Waals surface area (Å²) in [6.07, 6.45) is 0.718. The molecule has 2 saturated heterocycles. The van der Waals surface area contributed by atoms with E-state index in [2.05, 4.69) is 10.3 Å². The van der Waals surface area contributed by atoms with Gasteiger partial charge in [-0.3, -0.25) is 9.69 Å². The molecule has 2 aliphatic rings. The molecule has 0 bridgehead atoms. The van der Waals surface area contributed by atoms with E-state index in [4.69, 9.17) is 0 Å². The lowest BCUT2D eigenvalue weighted by Gasteiger charge is -2.18. The summed E-state index contributed by atoms with van der Waals surface area (Å²) in [6.45, 7) is 0.248. The van der Waals surface area contributed by atoms with Crippen LogP contribution in [0.4, 0.5) is 4.79 Å². The van der Waals surface area contributed by atoms with E-state index in [-0.39, 0.29) is 18.5 Å². The minimum absolute atomic E-state index is 0.104. The van der Waals surface area contributed by atoms with E-state index in [1.54, 1.807) is 23.1 Å². The zero-order chi connectivity index (χ0) is 15.2. The third-order valence-electron chi connectivity index (χ3n) is 3.91. The number of amides is 3. The Morgan fingerprint density at radius 2 is 2.27 bits per heavy atom. The molecule has 114 valence electrons. The first kappa shape index (κ1) is 14.2. The van der Waals surface area contributed by atoms with Crippen molar-refractivity contribution in [2.45, 2.75) is 18.5 Å². The predicted molar refractivity (Wildman–Crippen MR) is 89.2 cm³/mol. The second kappa shape index (κ2) is 5.36. The number of aromatic nitrogens is 1. The van der Waals surface area contributed by atoms with Gasteiger partial charge >= 0.3 is 6.03 Å². The molecule has 1 spiro atoms. The number of rotatable bonds is 3. The third-order valence-corrected chi connectivity index (χ3v) is 6.72. The number of hydrogen-bond donors (Lipinski definition) is 1. The molecule has 4 heterocycles. The lowest BCUT2D eigenvalue weighted by atomic mass is 9.99. The lowest BCUT2D eigenvalue weighted by Crippen LogP contribution is -2.46. The summed E-state index contributed by atoms with van der Waals surface area (Å²) in [4.78, 5) is 30.6. The molecule has 22 heavy (non-hydrogen) atoms. The first-order chi connectivity index (χ1) is 10.7. The van der Waals surface area contributed by atoms with Crippen LogP contribution in [0.3, 0.4) is 0 Å². The Kier molecular flexibility index (Phi) is 3.47. The van der Waals surface area contributed by atoms with Crippen molar-refractivity contribution >= 4 is 46.4 Å². The van der Waals surface area contributed by atoms with Crippen LogP contribution in [0.5, 0.6) is 0 Å². The van der Waals surface area contributed by atoms with E-state index in [1.807, 2.05) is 22.2 Å². The van der Waals surface area contributed by atoms with Gasteiger partial charge in [-0.15, -0.1) is 11.3 Å². The van der Waals surface area contributed by atoms with Crippen molar-refractivity contribution in [3.63, 3.8) is 0 Å². The summed E-state index contributed by atoms with van der Waals surface area (Å²) in [5.41, 5.74) is 1.17. The molecule has 8 heteroatoms. The van der Waals surface area contributed by atoms with Gasteiger partial charge < -0.3 is 5.32 Å². The molecule has 1 unspecified atom stereocenters. The van der Waals surface area contributed by atoms with Crippen molar-refractivity contribution in [2.24, 2.45) is 0 Å². The van der Waals surface area contributed by atoms with Crippen LogP contribution in [0.1, 0.15) is 12.1 Å². The zero-order valence-electron chi connectivity index (χ0n) is 11.6. The summed E-state index contributed by atoms with van der Waals surface area (Å²) in [5, 5.41) is 9.77. The van der Waals surface area contributed by atoms with Crippen LogP contribution in [-0.2, 0) is 11.3 Å². The van der Waals surface area contributed by atoms with Crippen molar-refractivity contribution in [1.82, 2.24) is 15.2 Å². The smallest absolute Gasteiger partial charge is 0.322 e. The highest BCUT2D eigenvalue weighted by atomic mass is 32.2. The fourth-order valence-electron chi connectivity index (χ4n) is 2.71. The Labute approximate surface area is 139 Å². The van der Waals surface area contributed by atoms with Crippen LogP contribution in [0, 0.1) is 0 Å². The second-order valence-electron chi connectivity index (χ2n) is 5.36. The number of carbonyl (C=O) groups is 2. The van der Waals surface area contributed by atoms with Gasteiger partial charge in [-0.2, -0.15) is 23.1 Å². The number of urea groups is 1. The van der Waals surface area contributed by atoms with Gasteiger partial charge in [-0.05, 0) is 23.6 Å². The van der Waals surface area contributed by atoms with Gasteiger partial charge in [0.05, 0.1) is 12.2 Å². The maximum atomic E-state index is 12.6. The lowest BCUT2D eigenvalue weighted by molar-refractivity contribution is -0.130. The Bertz CT molecular complexity index is 720. The molecule has 5 nitrogen and oxygen atoms in total. The van der Waals surface area contributed by atoms with Crippen molar-refractivity contribution < 1.29 is 9.59 Å². The number of imide groups is 1. The molecular formula is C14H13N3O2S3. The molecule has 2 aliphatic heterocycles. The highest BCUT2D eigenvalue weighted by Gasteiger charge is 2.52. The first-order valence-electron chi connectivity index (χ1n) is 6.87. The van der Waals surface area contributed by atoms with Gasteiger partial charge in [-0.25, -0.2) is 9.78 Å². The number of hydrogen-bond acceptors (Lipinski definition) is 6. The van der Waals surface area contributed by atoms with Gasteiger partial charge in [0, 0.05) is 22.1 Å². The van der Waals surface area contributed by atoms with E-state index in [1.165, 1.54) is 16.2 Å². The molecule has 0 aliphatic carbocycles. The molecule has 2 aromatic rings. The minimum Gasteiger partial charge on any atom is -0.322 e. The maximum Gasteiger partial charge on any atom is 0.325 e. The average Bonchev–Trinajstić information content (AvgIpc) is 3.25. The Hall–Kier alpha value is -1.38. The van der Waals surface area contributed by atoms with E-state index in [9.17, 15) is 9.59 Å². The predicted octanol–water partition coefficient (Wildman–Crippen LogP) is 2.80. The quantitative estimate of drug-likeness (QED) is 0.864. The summed E-state index contributed by atoms with van der Waals surface area (Å²) in [7, 11) is 0. The van der Waals surface area contributed by atoms with Crippen LogP contribution in [0.25, 0.3) is 10.6 Å². The van der Waals surface area contributed by atoms with Gasteiger partial charge in [0.1, 0.15) is 10.5 Å². The molecule has 2 fully saturated rings. The van der Waals surface area contributed by atoms with Gasteiger partial charge in [-0.1, -0.05) is 0 Å². The molecular weight excluding hydrogens is 338 g/mol. The highest BCUT2D eigenvalue weighted by molar-refractivity contribution is 7.99. The Balaban J connectivity index is 1.54. The zero-order valence-corrected chi connectivity index (χ0v) is 14.0. The monoisotopic (exact) mass is 351 g/mol.